The molecule has 0 atom stereocenters. The molecule has 0 aliphatic heterocycles. The van der Waals surface area contributed by atoms with Gasteiger partial charge in [-0.15, -0.1) is 105 Å². The molecule has 0 bridgehead atoms. The van der Waals surface area contributed by atoms with Crippen LogP contribution < -0.4 is 0 Å². The van der Waals surface area contributed by atoms with Crippen LogP contribution in [0.5, 0.6) is 0 Å². The average molecular weight is 2110 g/mol. The first-order chi connectivity index (χ1) is 54.3. The van der Waals surface area contributed by atoms with Gasteiger partial charge in [-0.1, -0.05) is 294 Å². The van der Waals surface area contributed by atoms with Gasteiger partial charge in [-0.2, -0.15) is 0 Å². The maximum absolute atomic E-state index is 11.2. The Morgan fingerprint density at radius 1 is 0.333 bits per heavy atom. The van der Waals surface area contributed by atoms with Gasteiger partial charge in [0.2, 0.25) is 0 Å². The maximum atomic E-state index is 11.2. The summed E-state index contributed by atoms with van der Waals surface area (Å²) in [5, 5.41) is 32.0. The van der Waals surface area contributed by atoms with E-state index in [-0.39, 0.29) is 94.9 Å². The molecule has 3 fully saturated rings. The number of rotatable bonds is 24. The fourth-order valence-corrected chi connectivity index (χ4v) is 16.2. The molecule has 12 rings (SSSR count). The Kier molecular flexibility index (Phi) is 46.4. The van der Waals surface area contributed by atoms with E-state index in [4.69, 9.17) is 15.0 Å². The molecule has 3 aromatic heterocycles. The summed E-state index contributed by atoms with van der Waals surface area (Å²) in [6.07, 6.45) is 32.0. The molecule has 9 nitrogen and oxygen atoms in total. The van der Waals surface area contributed by atoms with Crippen LogP contribution in [0.15, 0.2) is 163 Å². The SMILES string of the molecule is CC(C)CC(=O)C=C(O)CC(C)C.CC(C)CC(=O)C=C(O)CC(C)C.CC(C)CC(=O)C=C(O)CC(C)C.Cc1[c-]c(-c2ccc3c(CC4CCCC4)cccc3n2)cc(C)c1.Cc1[c-]c(-c2ccc3c(CC4CCCCC4)cccc3n2)cc(C)c1.Cc1[c-]c(-c2ccc3c(CC4CCCCCC4)cccc3n2)cc(C)c1.[Ir].[Ir].[Ir]. The minimum atomic E-state index is 0. The van der Waals surface area contributed by atoms with Gasteiger partial charge in [-0.05, 0) is 124 Å². The van der Waals surface area contributed by atoms with Gasteiger partial charge >= 0.3 is 0 Å². The van der Waals surface area contributed by atoms with Crippen LogP contribution in [0.25, 0.3) is 66.5 Å². The first kappa shape index (κ1) is 102. The zero-order valence-electron chi connectivity index (χ0n) is 73.9. The van der Waals surface area contributed by atoms with Crippen molar-refractivity contribution in [2.24, 2.45) is 53.3 Å². The Morgan fingerprint density at radius 3 is 0.795 bits per heavy atom. The van der Waals surface area contributed by atoms with Crippen molar-refractivity contribution in [3.8, 4) is 33.8 Å². The molecule has 3 aliphatic rings. The molecule has 639 valence electrons. The van der Waals surface area contributed by atoms with E-state index in [1.165, 1.54) is 200 Å². The summed E-state index contributed by atoms with van der Waals surface area (Å²) in [7, 11) is 0. The quantitative estimate of drug-likeness (QED) is 0.0232. The van der Waals surface area contributed by atoms with E-state index in [1.807, 2.05) is 83.1 Å². The molecule has 3 heterocycles. The molecule has 3 saturated carbocycles. The molecule has 0 saturated heterocycles. The Hall–Kier alpha value is -6.87. The number of hydrogen-bond acceptors (Lipinski definition) is 9. The normalized spacial score (nSPS) is 14.2. The Bertz CT molecular complexity index is 4470. The van der Waals surface area contributed by atoms with E-state index < -0.39 is 0 Å². The number of aromatic nitrogens is 3. The summed E-state index contributed by atoms with van der Waals surface area (Å²) in [6, 6.07) is 56.4. The van der Waals surface area contributed by atoms with Crippen LogP contribution in [0, 0.1) is 113 Å². The first-order valence-electron chi connectivity index (χ1n) is 43.3. The second-order valence-corrected chi connectivity index (χ2v) is 35.8. The van der Waals surface area contributed by atoms with E-state index >= 15 is 0 Å². The van der Waals surface area contributed by atoms with Crippen LogP contribution >= 0.6 is 0 Å². The molecular formula is C105H138Ir3N3O6-3. The number of aryl methyl sites for hydroxylation is 6. The maximum Gasteiger partial charge on any atom is 0.159 e. The van der Waals surface area contributed by atoms with Crippen molar-refractivity contribution in [3.63, 3.8) is 0 Å². The molecule has 12 heteroatoms. The van der Waals surface area contributed by atoms with Crippen LogP contribution in [0.4, 0.5) is 0 Å². The van der Waals surface area contributed by atoms with E-state index in [0.29, 0.717) is 74.0 Å². The average Bonchev–Trinajstić information content (AvgIpc) is 1.10. The third kappa shape index (κ3) is 37.8. The number of pyridine rings is 3. The molecule has 0 spiro atoms. The summed E-state index contributed by atoms with van der Waals surface area (Å²) < 4.78 is 0. The standard InChI is InChI=1S/C25H28N.C24H26N.C23H24N.3C11H20O2.3Ir/c1-18-14-19(2)16-22(15-18)24-13-12-23-21(10-7-11-25(23)26-24)17-20-8-5-3-4-6-9-20;1-17-13-18(2)15-21(14-17)23-12-11-22-20(9-6-10-24(22)25-23)16-19-7-4-3-5-8-19;1-16-12-17(2)14-20(13-16)22-11-10-21-19(8-5-9-23(21)24-22)15-18-6-3-4-7-18;3*1-8(2)5-10(12)7-11(13)6-9(3)4;;;/h7,10-15,20H,3-6,8-9,17H2,1-2H3;6,9-14,19H,3-5,7-8,16H2,1-2H3;5,8-13,18H,3-4,6-7,15H2,1-2H3;3*7-9,12H,5-6H2,1-4H3;;;/q3*-1;;;;;;. The number of benzene rings is 6. The summed E-state index contributed by atoms with van der Waals surface area (Å²) in [4.78, 5) is 48.5. The van der Waals surface area contributed by atoms with E-state index in [2.05, 4.69) is 187 Å². The molecule has 3 N–H and O–H groups in total. The van der Waals surface area contributed by atoms with Gasteiger partial charge in [0.25, 0.3) is 0 Å². The van der Waals surface area contributed by atoms with Crippen molar-refractivity contribution in [2.75, 3.05) is 0 Å². The number of aliphatic hydroxyl groups excluding tert-OH is 3. The molecular weight excluding hydrogens is 1980 g/mol. The van der Waals surface area contributed by atoms with Crippen molar-refractivity contribution in [2.45, 2.75) is 279 Å². The van der Waals surface area contributed by atoms with Gasteiger partial charge in [0.05, 0.1) is 33.8 Å². The number of nitrogens with zero attached hydrogens (tertiary/aromatic N) is 3. The molecule has 3 aliphatic carbocycles. The molecule has 6 aromatic carbocycles. The van der Waals surface area contributed by atoms with Crippen LogP contribution in [0.3, 0.4) is 0 Å². The van der Waals surface area contributed by atoms with Crippen LogP contribution in [0.1, 0.15) is 268 Å². The minimum Gasteiger partial charge on any atom is -0.512 e. The van der Waals surface area contributed by atoms with Gasteiger partial charge in [0.1, 0.15) is 0 Å². The number of fused-ring (bicyclic) bond motifs is 3. The monoisotopic (exact) mass is 2120 g/mol. The third-order valence-corrected chi connectivity index (χ3v) is 21.1. The first-order valence-corrected chi connectivity index (χ1v) is 43.3. The molecule has 0 unspecified atom stereocenters. The number of hydrogen-bond donors (Lipinski definition) is 3. The van der Waals surface area contributed by atoms with Gasteiger partial charge in [0.15, 0.2) is 17.3 Å². The van der Waals surface area contributed by atoms with E-state index in [1.54, 1.807) is 0 Å². The van der Waals surface area contributed by atoms with Gasteiger partial charge < -0.3 is 15.3 Å². The smallest absolute Gasteiger partial charge is 0.159 e. The van der Waals surface area contributed by atoms with Crippen LogP contribution in [-0.4, -0.2) is 47.6 Å². The fraction of sp³-hybridized carbons (Fsp3) is 0.486. The predicted octanol–water partition coefficient (Wildman–Crippen LogP) is 28.6. The van der Waals surface area contributed by atoms with Crippen molar-refractivity contribution in [3.05, 3.63) is 231 Å². The Balaban J connectivity index is 0.000000302. The number of aliphatic hydroxyl groups is 3. The second kappa shape index (κ2) is 53.0. The van der Waals surface area contributed by atoms with E-state index in [9.17, 15) is 29.7 Å². The van der Waals surface area contributed by atoms with Crippen molar-refractivity contribution in [1.82, 2.24) is 15.0 Å². The van der Waals surface area contributed by atoms with Crippen molar-refractivity contribution < 1.29 is 90.0 Å². The van der Waals surface area contributed by atoms with E-state index in [0.717, 1.165) is 68.1 Å². The van der Waals surface area contributed by atoms with Crippen molar-refractivity contribution >= 4 is 50.1 Å². The van der Waals surface area contributed by atoms with Crippen molar-refractivity contribution in [1.29, 1.82) is 0 Å². The summed E-state index contributed by atoms with van der Waals surface area (Å²) in [5.41, 5.74) is 21.4. The molecule has 0 amide bonds. The summed E-state index contributed by atoms with van der Waals surface area (Å²) >= 11 is 0. The number of ketones is 3. The van der Waals surface area contributed by atoms with Gasteiger partial charge in [0, 0.05) is 133 Å². The zero-order chi connectivity index (χ0) is 83.0. The topological polar surface area (TPSA) is 151 Å². The van der Waals surface area contributed by atoms with Gasteiger partial charge in [-0.3, -0.25) is 29.3 Å². The second-order valence-electron chi connectivity index (χ2n) is 35.8. The largest absolute Gasteiger partial charge is 0.512 e. The Morgan fingerprint density at radius 2 is 0.564 bits per heavy atom. The summed E-state index contributed by atoms with van der Waals surface area (Å²) in [5.74, 6) is 5.50. The van der Waals surface area contributed by atoms with Crippen LogP contribution in [-0.2, 0) is 94.0 Å². The fourth-order valence-electron chi connectivity index (χ4n) is 16.2. The zero-order valence-corrected chi connectivity index (χ0v) is 81.1. The molecule has 3 radical (unpaired) electrons. The summed E-state index contributed by atoms with van der Waals surface area (Å²) in [6.45, 7) is 36.7. The molecule has 117 heavy (non-hydrogen) atoms. The van der Waals surface area contributed by atoms with Crippen LogP contribution in [0.2, 0.25) is 0 Å². The predicted molar refractivity (Wildman–Crippen MR) is 481 cm³/mol. The molecule has 9 aromatic rings. The number of allylic oxidation sites excluding steroid dienone is 6. The number of carbonyl (C=O) groups is 3. The Labute approximate surface area is 746 Å². The minimum absolute atomic E-state index is 0. The third-order valence-electron chi connectivity index (χ3n) is 21.1. The number of carbonyl (C=O) groups excluding carboxylic acids is 3. The van der Waals surface area contributed by atoms with Gasteiger partial charge in [-0.25, -0.2) is 0 Å².